The van der Waals surface area contributed by atoms with E-state index in [0.717, 1.165) is 58.3 Å². The number of benzene rings is 4. The number of anilines is 4. The summed E-state index contributed by atoms with van der Waals surface area (Å²) < 4.78 is 397. The second kappa shape index (κ2) is 34.1. The van der Waals surface area contributed by atoms with Gasteiger partial charge in [0.1, 0.15) is 66.6 Å². The van der Waals surface area contributed by atoms with Crippen molar-refractivity contribution in [3.8, 4) is 46.0 Å². The molecule has 1 unspecified atom stereocenters. The van der Waals surface area contributed by atoms with Crippen LogP contribution in [0.5, 0.6) is 46.0 Å². The molecule has 0 spiro atoms. The molecule has 0 saturated carbocycles. The number of rotatable bonds is 24. The highest BCUT2D eigenvalue weighted by Gasteiger charge is 2.34. The van der Waals surface area contributed by atoms with Gasteiger partial charge in [0.2, 0.25) is 27.1 Å². The summed E-state index contributed by atoms with van der Waals surface area (Å²) in [5, 5.41) is 15.3. The third-order valence-corrected chi connectivity index (χ3v) is 26.3. The number of hydrogen-bond donors (Lipinski definition) is 4. The maximum absolute atomic E-state index is 13.3. The van der Waals surface area contributed by atoms with E-state index in [2.05, 4.69) is 20.6 Å². The van der Waals surface area contributed by atoms with E-state index in [1.165, 1.54) is 42.3 Å². The Hall–Kier alpha value is -10.2. The average Bonchev–Trinajstić information content (AvgIpc) is 1.56. The zero-order chi connectivity index (χ0) is 109. The monoisotopic (exact) mass is 1850 g/mol. The lowest BCUT2D eigenvalue weighted by molar-refractivity contribution is 0.0985. The molecule has 608 valence electrons. The lowest BCUT2D eigenvalue weighted by atomic mass is 10.0. The normalized spacial score (nSPS) is 18.3. The van der Waals surface area contributed by atoms with Crippen molar-refractivity contribution in [3.63, 3.8) is 0 Å². The van der Waals surface area contributed by atoms with E-state index >= 15 is 0 Å². The molecular formula is C72H60Cl4N8O24S8. The van der Waals surface area contributed by atoms with Crippen molar-refractivity contribution in [2.75, 3.05) is 46.0 Å². The number of fused-ring (bicyclic) bond motifs is 4. The number of ketones is 4. The molecule has 4 aromatic carbocycles. The fourth-order valence-electron chi connectivity index (χ4n) is 9.89. The summed E-state index contributed by atoms with van der Waals surface area (Å²) in [5.74, 6) is -7.87. The molecule has 0 fully saturated rings. The fourth-order valence-corrected chi connectivity index (χ4v) is 19.8. The van der Waals surface area contributed by atoms with Crippen molar-refractivity contribution in [1.82, 2.24) is 20.6 Å². The maximum Gasteiger partial charge on any atom is 0.265 e. The number of ether oxygens (including phenoxy) is 8. The van der Waals surface area contributed by atoms with Gasteiger partial charge in [-0.05, 0) is 194 Å². The maximum atomic E-state index is 13.3. The minimum atomic E-state index is -4.89. The third kappa shape index (κ3) is 18.1. The van der Waals surface area contributed by atoms with Crippen molar-refractivity contribution in [2.45, 2.75) is 100 Å². The third-order valence-electron chi connectivity index (χ3n) is 15.4. The number of halogens is 4. The highest BCUT2D eigenvalue weighted by molar-refractivity contribution is 7.94. The zero-order valence-corrected chi connectivity index (χ0v) is 67.1. The molecule has 8 aromatic heterocycles. The second-order valence-electron chi connectivity index (χ2n) is 23.0. The van der Waals surface area contributed by atoms with Gasteiger partial charge in [-0.1, -0.05) is 67.0 Å². The first kappa shape index (κ1) is 53.2. The van der Waals surface area contributed by atoms with Gasteiger partial charge >= 0.3 is 0 Å². The van der Waals surface area contributed by atoms with Crippen molar-refractivity contribution in [2.24, 2.45) is 0 Å². The lowest BCUT2D eigenvalue weighted by Gasteiger charge is -2.09. The van der Waals surface area contributed by atoms with Crippen LogP contribution in [0.2, 0.25) is 25.7 Å². The van der Waals surface area contributed by atoms with Crippen LogP contribution in [0.25, 0.3) is 0 Å². The Kier molecular flexibility index (Phi) is 15.6. The summed E-state index contributed by atoms with van der Waals surface area (Å²) in [6, 6.07) is 1.85. The summed E-state index contributed by atoms with van der Waals surface area (Å²) in [4.78, 5) is 49.1. The minimum Gasteiger partial charge on any atom is -0.454 e. The predicted molar refractivity (Wildman–Crippen MR) is 427 cm³/mol. The molecule has 16 rings (SSSR count). The highest BCUT2D eigenvalue weighted by atomic mass is 35.5. The molecule has 12 heterocycles. The van der Waals surface area contributed by atoms with Crippen LogP contribution in [0.4, 0.5) is 23.5 Å². The van der Waals surface area contributed by atoms with E-state index < -0.39 is 251 Å². The molecule has 1 atom stereocenters. The standard InChI is InChI=1S/4C18H15ClN2O6S2/c4*1-9-5-13-14(26-8-25-13)7-11(9)6-12(22)17-15(3-4-28-17)29(23,24)21-18-16(19)10(2)20-27-18/h4*3-5,7,21H,6,8H2,1-2H3/i2D3,5D,7D,8D2;2D3,5D,7D,8D;1D3,2D3,5D,7D;2D3,5D,7D/hD4. The van der Waals surface area contributed by atoms with Gasteiger partial charge in [-0.2, -0.15) is 0 Å². The second-order valence-corrected chi connectivity index (χ2v) is 34.4. The number of carbonyl (C=O) groups excluding carboxylic acids is 4. The summed E-state index contributed by atoms with van der Waals surface area (Å²) in [6.45, 7) is -14.4. The molecule has 116 heavy (non-hydrogen) atoms. The molecule has 0 aliphatic carbocycles. The van der Waals surface area contributed by atoms with Crippen LogP contribution in [0.3, 0.4) is 0 Å². The van der Waals surface area contributed by atoms with E-state index in [1.807, 2.05) is 0 Å². The van der Waals surface area contributed by atoms with E-state index in [-0.39, 0.29) is 157 Å². The first-order valence-electron chi connectivity index (χ1n) is 46.1. The lowest BCUT2D eigenvalue weighted by Crippen LogP contribution is -2.16. The topological polar surface area (TPSA) is 431 Å². The Balaban J connectivity index is 0.000000163. The van der Waals surface area contributed by atoms with Crippen molar-refractivity contribution in [3.05, 3.63) is 201 Å². The number of nitrogens with zero attached hydrogens (tertiary/aromatic N) is 4. The van der Waals surface area contributed by atoms with Crippen molar-refractivity contribution >= 4 is 179 Å². The quantitative estimate of drug-likeness (QED) is 0.0408. The summed E-state index contributed by atoms with van der Waals surface area (Å²) in [6.07, 6.45) is -2.24. The Morgan fingerprint density at radius 1 is 0.388 bits per heavy atom. The predicted octanol–water partition coefficient (Wildman–Crippen LogP) is 15.8. The molecule has 0 bridgehead atoms. The van der Waals surface area contributed by atoms with Crippen LogP contribution >= 0.6 is 91.8 Å². The SMILES string of the molecule is [2H]c1c(C)c(CC(=O)c2sccc2S(=O)(=O)N([2H])c2onc(C([2H])([2H])[2H])c2Cl)c([2H])c2c1OC([2H])([2H])O2.[2H]c1c(C)c(CC(=O)c2sccc2S(=O)(=O)N([2H])c2onc(C([2H])([2H])[2H])c2Cl)c([2H])c2c1OC([2H])O2.[2H]c1c(C)c(CC(=O)c2sccc2S(=O)(=O)N([2H])c2onc(C([2H])([2H])[2H])c2Cl)c([2H])c2c1OCO2.[2H]c1c(CC(=O)c2sccc2S(=O)(=O)N([2H])c2onc(C([2H])([2H])[2H])c2Cl)c(C([2H])([2H])[2H])c([2H])c2c1OCO2. The van der Waals surface area contributed by atoms with Crippen LogP contribution < -0.4 is 56.8 Å². The molecule has 0 radical (unpaired) electrons. The first-order valence-corrected chi connectivity index (χ1v) is 42.1. The van der Waals surface area contributed by atoms with Crippen molar-refractivity contribution < 1.29 is 150 Å². The van der Waals surface area contributed by atoms with Gasteiger partial charge in [0, 0.05) is 46.2 Å². The number of aryl methyl sites for hydroxylation is 4. The van der Waals surface area contributed by atoms with E-state index in [4.69, 9.17) is 144 Å². The number of hydrogen-bond acceptors (Lipinski definition) is 32. The zero-order valence-electron chi connectivity index (χ0n) is 87.6. The molecule has 0 saturated heterocycles. The van der Waals surface area contributed by atoms with Gasteiger partial charge in [-0.15, -0.1) is 45.3 Å². The molecule has 4 aliphatic rings. The van der Waals surface area contributed by atoms with E-state index in [9.17, 15) is 52.8 Å². The Labute approximate surface area is 738 Å². The molecule has 44 heteroatoms. The van der Waals surface area contributed by atoms with Crippen LogP contribution in [0, 0.1) is 55.0 Å². The highest BCUT2D eigenvalue weighted by Crippen LogP contribution is 2.42. The number of Topliss-reactive ketones (excluding diaryl/α,β-unsaturated/α-hetero) is 4. The first-order chi connectivity index (χ1) is 67.4. The number of nitrogens with one attached hydrogen (secondary N) is 4. The van der Waals surface area contributed by atoms with Gasteiger partial charge < -0.3 is 56.0 Å². The average molecular weight is 1850 g/mol. The Morgan fingerprint density at radius 3 is 0.905 bits per heavy atom. The molecular weight excluding hydrogens is 1760 g/mol. The van der Waals surface area contributed by atoms with Crippen LogP contribution in [-0.2, 0) is 65.8 Å². The van der Waals surface area contributed by atoms with Gasteiger partial charge in [0.25, 0.3) is 63.6 Å². The van der Waals surface area contributed by atoms with Crippen LogP contribution in [-0.4, -0.2) is 105 Å². The molecule has 4 N–H and O–H groups in total. The molecule has 0 amide bonds. The van der Waals surface area contributed by atoms with Crippen LogP contribution in [0.15, 0.2) is 132 Å². The van der Waals surface area contributed by atoms with E-state index in [0.29, 0.717) is 16.9 Å². The molecule has 32 nitrogen and oxygen atoms in total. The largest absolute Gasteiger partial charge is 0.454 e. The summed E-state index contributed by atoms with van der Waals surface area (Å²) in [5.41, 5.74) is -3.02. The van der Waals surface area contributed by atoms with Crippen LogP contribution in [0.1, 0.15) is 142 Å². The van der Waals surface area contributed by atoms with Gasteiger partial charge in [-0.25, -0.2) is 52.5 Å². The van der Waals surface area contributed by atoms with Crippen molar-refractivity contribution in [1.29, 1.82) is 0 Å². The summed E-state index contributed by atoms with van der Waals surface area (Å²) >= 11 is 26.6. The molecule has 4 aliphatic heterocycles. The van der Waals surface area contributed by atoms with Gasteiger partial charge in [0.05, 0.1) is 30.5 Å². The number of sulfonamides is 4. The Bertz CT molecular complexity index is 7820. The number of aromatic nitrogens is 4. The summed E-state index contributed by atoms with van der Waals surface area (Å²) in [7, 11) is -19.2. The van der Waals surface area contributed by atoms with Gasteiger partial charge in [-0.3, -0.25) is 19.2 Å². The fraction of sp³-hybridized carbons (Fsp3) is 0.222. The van der Waals surface area contributed by atoms with Gasteiger partial charge in [0.15, 0.2) is 74.8 Å². The van der Waals surface area contributed by atoms with E-state index in [1.54, 1.807) is 0 Å². The molecule has 12 aromatic rings. The minimum absolute atomic E-state index is 0.00451. The Morgan fingerprint density at radius 2 is 0.629 bits per heavy atom. The number of thiophene rings is 4. The smallest absolute Gasteiger partial charge is 0.265 e. The number of carbonyl (C=O) groups is 4.